The van der Waals surface area contributed by atoms with Crippen molar-refractivity contribution in [1.82, 2.24) is 14.8 Å². The molecule has 0 radical (unpaired) electrons. The Hall–Kier alpha value is -2.39. The van der Waals surface area contributed by atoms with Crippen LogP contribution < -0.4 is 5.32 Å². The molecule has 1 N–H and O–H groups in total. The van der Waals surface area contributed by atoms with Crippen LogP contribution in [-0.4, -0.2) is 32.2 Å². The Bertz CT molecular complexity index is 993. The van der Waals surface area contributed by atoms with Crippen molar-refractivity contribution in [2.75, 3.05) is 11.1 Å². The Morgan fingerprint density at radius 2 is 1.83 bits per heavy atom. The van der Waals surface area contributed by atoms with Crippen molar-refractivity contribution in [2.45, 2.75) is 34.6 Å². The number of benzene rings is 2. The molecule has 150 valence electrons. The number of hydrogen-bond donors (Lipinski definition) is 1. The second-order valence-electron chi connectivity index (χ2n) is 6.50. The molecule has 1 amide bonds. The van der Waals surface area contributed by atoms with Crippen LogP contribution in [0.1, 0.15) is 24.6 Å². The van der Waals surface area contributed by atoms with Gasteiger partial charge in [-0.15, -0.1) is 10.2 Å². The van der Waals surface area contributed by atoms with Crippen LogP contribution in [0.25, 0.3) is 5.69 Å². The van der Waals surface area contributed by atoms with E-state index < -0.39 is 5.76 Å². The van der Waals surface area contributed by atoms with Gasteiger partial charge in [0.1, 0.15) is 5.82 Å². The molecule has 1 aliphatic rings. The maximum absolute atomic E-state index is 12.7. The van der Waals surface area contributed by atoms with Crippen molar-refractivity contribution in [1.29, 1.82) is 0 Å². The van der Waals surface area contributed by atoms with E-state index in [4.69, 9.17) is 0 Å². The van der Waals surface area contributed by atoms with Gasteiger partial charge in [-0.25, -0.2) is 0 Å². The standard InChI is InChI=1S/C20H18F2N4OS2/c21-19(22)29-16-9-5-4-8-15(16)23-17(27)12-28-20-25-24-18(13-10-11-13)26(20)14-6-2-1-3-7-14/h1-9,13,19H,10-12H2,(H,23,27). The number of thioether (sulfide) groups is 2. The van der Waals surface area contributed by atoms with Gasteiger partial charge in [-0.05, 0) is 37.1 Å². The summed E-state index contributed by atoms with van der Waals surface area (Å²) in [4.78, 5) is 12.8. The molecule has 1 fully saturated rings. The van der Waals surface area contributed by atoms with Gasteiger partial charge >= 0.3 is 0 Å². The SMILES string of the molecule is O=C(CSc1nnc(C2CC2)n1-c1ccccc1)Nc1ccccc1SC(F)F. The molecule has 1 heterocycles. The molecule has 0 unspecified atom stereocenters. The predicted molar refractivity (Wildman–Crippen MR) is 111 cm³/mol. The lowest BCUT2D eigenvalue weighted by molar-refractivity contribution is -0.113. The van der Waals surface area contributed by atoms with Gasteiger partial charge in [0.05, 0.1) is 11.4 Å². The molecule has 9 heteroatoms. The number of amides is 1. The molecule has 0 saturated heterocycles. The summed E-state index contributed by atoms with van der Waals surface area (Å²) < 4.78 is 27.4. The van der Waals surface area contributed by atoms with Crippen LogP contribution in [0.15, 0.2) is 64.6 Å². The summed E-state index contributed by atoms with van der Waals surface area (Å²) in [6.07, 6.45) is 2.18. The smallest absolute Gasteiger partial charge is 0.288 e. The van der Waals surface area contributed by atoms with E-state index in [0.29, 0.717) is 33.4 Å². The zero-order chi connectivity index (χ0) is 20.2. The molecule has 0 bridgehead atoms. The van der Waals surface area contributed by atoms with Crippen LogP contribution >= 0.6 is 23.5 Å². The Morgan fingerprint density at radius 1 is 1.10 bits per heavy atom. The average molecular weight is 433 g/mol. The molecule has 1 saturated carbocycles. The summed E-state index contributed by atoms with van der Waals surface area (Å²) in [7, 11) is 0. The zero-order valence-corrected chi connectivity index (χ0v) is 16.9. The van der Waals surface area contributed by atoms with Crippen LogP contribution in [0.3, 0.4) is 0 Å². The summed E-state index contributed by atoms with van der Waals surface area (Å²) in [6.45, 7) is 0. The van der Waals surface area contributed by atoms with E-state index in [0.717, 1.165) is 24.4 Å². The van der Waals surface area contributed by atoms with Gasteiger partial charge in [0.2, 0.25) is 5.91 Å². The Labute approximate surface area is 175 Å². The Kier molecular flexibility index (Phi) is 6.15. The van der Waals surface area contributed by atoms with E-state index in [1.807, 2.05) is 34.9 Å². The van der Waals surface area contributed by atoms with Crippen molar-refractivity contribution < 1.29 is 13.6 Å². The van der Waals surface area contributed by atoms with Gasteiger partial charge in [0, 0.05) is 16.5 Å². The molecule has 4 rings (SSSR count). The minimum Gasteiger partial charge on any atom is -0.324 e. The summed E-state index contributed by atoms with van der Waals surface area (Å²) in [5.41, 5.74) is 1.34. The minimum absolute atomic E-state index is 0.101. The highest BCUT2D eigenvalue weighted by molar-refractivity contribution is 8.00. The highest BCUT2D eigenvalue weighted by atomic mass is 32.2. The highest BCUT2D eigenvalue weighted by Gasteiger charge is 2.31. The maximum Gasteiger partial charge on any atom is 0.288 e. The number of carbonyl (C=O) groups is 1. The van der Waals surface area contributed by atoms with Crippen LogP contribution in [0.4, 0.5) is 14.5 Å². The van der Waals surface area contributed by atoms with E-state index >= 15 is 0 Å². The number of nitrogens with one attached hydrogen (secondary N) is 1. The Morgan fingerprint density at radius 3 is 2.55 bits per heavy atom. The van der Waals surface area contributed by atoms with Gasteiger partial charge in [0.25, 0.3) is 5.76 Å². The fourth-order valence-electron chi connectivity index (χ4n) is 2.89. The first kappa shape index (κ1) is 19.9. The number of rotatable bonds is 8. The highest BCUT2D eigenvalue weighted by Crippen LogP contribution is 2.41. The van der Waals surface area contributed by atoms with Crippen molar-refractivity contribution in [3.05, 3.63) is 60.4 Å². The number of carbonyl (C=O) groups excluding carboxylic acids is 1. The quantitative estimate of drug-likeness (QED) is 0.497. The second-order valence-corrected chi connectivity index (χ2v) is 8.47. The summed E-state index contributed by atoms with van der Waals surface area (Å²) in [6, 6.07) is 16.4. The molecule has 0 atom stereocenters. The molecular formula is C20H18F2N4OS2. The third-order valence-electron chi connectivity index (χ3n) is 4.32. The number of para-hydroxylation sites is 2. The van der Waals surface area contributed by atoms with Gasteiger partial charge in [-0.1, -0.05) is 53.9 Å². The zero-order valence-electron chi connectivity index (χ0n) is 15.3. The third-order valence-corrected chi connectivity index (χ3v) is 6.04. The molecule has 3 aromatic rings. The summed E-state index contributed by atoms with van der Waals surface area (Å²) in [5.74, 6) is -1.41. The fourth-order valence-corrected chi connectivity index (χ4v) is 4.24. The van der Waals surface area contributed by atoms with E-state index in [1.54, 1.807) is 24.3 Å². The summed E-state index contributed by atoms with van der Waals surface area (Å²) >= 11 is 1.69. The van der Waals surface area contributed by atoms with Gasteiger partial charge in [-0.2, -0.15) is 8.78 Å². The molecule has 1 aliphatic carbocycles. The molecule has 0 aliphatic heterocycles. The van der Waals surface area contributed by atoms with Crippen LogP contribution in [-0.2, 0) is 4.79 Å². The summed E-state index contributed by atoms with van der Waals surface area (Å²) in [5, 5.41) is 12.0. The first-order valence-corrected chi connectivity index (χ1v) is 11.0. The second kappa shape index (κ2) is 8.96. The number of anilines is 1. The lowest BCUT2D eigenvalue weighted by Gasteiger charge is -2.11. The van der Waals surface area contributed by atoms with Crippen molar-refractivity contribution in [3.63, 3.8) is 0 Å². The predicted octanol–water partition coefficient (Wildman–Crippen LogP) is 5.19. The first-order chi connectivity index (χ1) is 14.1. The molecule has 2 aromatic carbocycles. The van der Waals surface area contributed by atoms with Crippen LogP contribution in [0, 0.1) is 0 Å². The molecule has 5 nitrogen and oxygen atoms in total. The third kappa shape index (κ3) is 4.97. The molecule has 1 aromatic heterocycles. The Balaban J connectivity index is 1.47. The van der Waals surface area contributed by atoms with E-state index in [9.17, 15) is 13.6 Å². The van der Waals surface area contributed by atoms with Gasteiger partial charge in [-0.3, -0.25) is 9.36 Å². The number of nitrogens with zero attached hydrogens (tertiary/aromatic N) is 3. The molecular weight excluding hydrogens is 414 g/mol. The number of hydrogen-bond acceptors (Lipinski definition) is 5. The molecule has 29 heavy (non-hydrogen) atoms. The largest absolute Gasteiger partial charge is 0.324 e. The number of aromatic nitrogens is 3. The average Bonchev–Trinajstić information content (AvgIpc) is 3.47. The minimum atomic E-state index is -2.55. The number of alkyl halides is 2. The first-order valence-electron chi connectivity index (χ1n) is 9.09. The molecule has 0 spiro atoms. The topological polar surface area (TPSA) is 59.8 Å². The van der Waals surface area contributed by atoms with Crippen LogP contribution in [0.2, 0.25) is 0 Å². The van der Waals surface area contributed by atoms with Crippen molar-refractivity contribution in [2.24, 2.45) is 0 Å². The fraction of sp³-hybridized carbons (Fsp3) is 0.250. The normalized spacial score (nSPS) is 13.6. The van der Waals surface area contributed by atoms with Gasteiger partial charge in [0.15, 0.2) is 5.16 Å². The number of halogens is 2. The van der Waals surface area contributed by atoms with Crippen molar-refractivity contribution >= 4 is 35.1 Å². The van der Waals surface area contributed by atoms with E-state index in [2.05, 4.69) is 15.5 Å². The van der Waals surface area contributed by atoms with Crippen molar-refractivity contribution in [3.8, 4) is 5.69 Å². The monoisotopic (exact) mass is 432 g/mol. The van der Waals surface area contributed by atoms with E-state index in [-0.39, 0.29) is 11.7 Å². The van der Waals surface area contributed by atoms with Gasteiger partial charge < -0.3 is 5.32 Å². The lowest BCUT2D eigenvalue weighted by atomic mass is 10.3. The maximum atomic E-state index is 12.7. The van der Waals surface area contributed by atoms with Crippen LogP contribution in [0.5, 0.6) is 0 Å². The van der Waals surface area contributed by atoms with E-state index in [1.165, 1.54) is 11.8 Å². The lowest BCUT2D eigenvalue weighted by Crippen LogP contribution is -2.15.